The fraction of sp³-hybridized carbons (Fsp3) is 0.600. The first kappa shape index (κ1) is 16.6. The average Bonchev–Trinajstić information content (AvgIpc) is 3.05. The molecule has 1 aliphatic carbocycles. The molecule has 3 aliphatic rings. The Labute approximate surface area is 148 Å². The van der Waals surface area contributed by atoms with Crippen LogP contribution in [0.2, 0.25) is 0 Å². The first-order chi connectivity index (χ1) is 12.2. The number of rotatable bonds is 3. The first-order valence-electron chi connectivity index (χ1n) is 9.52. The summed E-state index contributed by atoms with van der Waals surface area (Å²) < 4.78 is 5.88. The molecule has 2 atom stereocenters. The van der Waals surface area contributed by atoms with E-state index in [-0.39, 0.29) is 24.0 Å². The molecule has 2 heterocycles. The minimum Gasteiger partial charge on any atom is -0.374 e. The summed E-state index contributed by atoms with van der Waals surface area (Å²) in [6, 6.07) is 8.01. The molecule has 1 saturated carbocycles. The molecule has 0 radical (unpaired) electrons. The maximum atomic E-state index is 13.1. The van der Waals surface area contributed by atoms with Crippen LogP contribution in [0.5, 0.6) is 0 Å². The van der Waals surface area contributed by atoms with Crippen molar-refractivity contribution in [1.82, 2.24) is 9.80 Å². The fourth-order valence-electron chi connectivity index (χ4n) is 4.41. The largest absolute Gasteiger partial charge is 0.374 e. The number of carbonyl (C=O) groups is 2. The number of likely N-dealkylation sites (tertiary alicyclic amines) is 1. The van der Waals surface area contributed by atoms with Crippen molar-refractivity contribution in [2.75, 3.05) is 19.7 Å². The topological polar surface area (TPSA) is 49.9 Å². The van der Waals surface area contributed by atoms with E-state index in [0.29, 0.717) is 26.1 Å². The lowest BCUT2D eigenvalue weighted by Gasteiger charge is -2.43. The average molecular weight is 342 g/mol. The summed E-state index contributed by atoms with van der Waals surface area (Å²) in [5.41, 5.74) is 1.77. The van der Waals surface area contributed by atoms with Gasteiger partial charge in [0.1, 0.15) is 0 Å². The molecule has 134 valence electrons. The minimum absolute atomic E-state index is 0.106. The predicted molar refractivity (Wildman–Crippen MR) is 94.1 cm³/mol. The van der Waals surface area contributed by atoms with Gasteiger partial charge >= 0.3 is 0 Å². The van der Waals surface area contributed by atoms with Gasteiger partial charge in [-0.25, -0.2) is 0 Å². The van der Waals surface area contributed by atoms with Gasteiger partial charge in [0, 0.05) is 31.6 Å². The number of carbonyl (C=O) groups excluding carboxylic acids is 2. The maximum absolute atomic E-state index is 13.1. The Morgan fingerprint density at radius 1 is 1.16 bits per heavy atom. The third-order valence-corrected chi connectivity index (χ3v) is 5.71. The number of hydrogen-bond acceptors (Lipinski definition) is 3. The Morgan fingerprint density at radius 3 is 2.88 bits per heavy atom. The second-order valence-electron chi connectivity index (χ2n) is 7.38. The Kier molecular flexibility index (Phi) is 4.75. The van der Waals surface area contributed by atoms with Crippen LogP contribution < -0.4 is 0 Å². The van der Waals surface area contributed by atoms with Gasteiger partial charge in [-0.2, -0.15) is 0 Å². The molecule has 0 spiro atoms. The lowest BCUT2D eigenvalue weighted by molar-refractivity contribution is -0.128. The molecule has 2 saturated heterocycles. The summed E-state index contributed by atoms with van der Waals surface area (Å²) in [4.78, 5) is 28.8. The second-order valence-corrected chi connectivity index (χ2v) is 7.38. The molecule has 0 bridgehead atoms. The summed E-state index contributed by atoms with van der Waals surface area (Å²) in [6.45, 7) is 2.74. The summed E-state index contributed by atoms with van der Waals surface area (Å²) in [6.07, 6.45) is 6.26. The third kappa shape index (κ3) is 3.43. The molecule has 0 N–H and O–H groups in total. The lowest BCUT2D eigenvalue weighted by atomic mass is 9.89. The molecule has 2 amide bonds. The van der Waals surface area contributed by atoms with E-state index in [1.165, 1.54) is 12.8 Å². The van der Waals surface area contributed by atoms with E-state index >= 15 is 0 Å². The molecule has 3 fully saturated rings. The number of fused-ring (bicyclic) bond motifs is 1. The van der Waals surface area contributed by atoms with Crippen molar-refractivity contribution in [3.05, 3.63) is 35.4 Å². The molecule has 1 aromatic carbocycles. The van der Waals surface area contributed by atoms with E-state index in [1.807, 2.05) is 34.1 Å². The molecule has 0 aromatic heterocycles. The van der Waals surface area contributed by atoms with Crippen molar-refractivity contribution in [3.63, 3.8) is 0 Å². The number of morpholine rings is 1. The van der Waals surface area contributed by atoms with Gasteiger partial charge in [-0.3, -0.25) is 9.59 Å². The van der Waals surface area contributed by atoms with E-state index in [9.17, 15) is 9.59 Å². The van der Waals surface area contributed by atoms with E-state index in [0.717, 1.165) is 36.9 Å². The standard InChI is InChI=1S/C20H26N2O3/c23-19-9-4-10-21(19)14-15-5-3-6-16(13-15)20(24)22-11-12-25-18-8-2-1-7-17(18)22/h3,5-6,13,17-18H,1-2,4,7-12,14H2. The minimum atomic E-state index is 0.106. The van der Waals surface area contributed by atoms with Gasteiger partial charge in [0.15, 0.2) is 0 Å². The van der Waals surface area contributed by atoms with Gasteiger partial charge in [-0.05, 0) is 37.0 Å². The highest BCUT2D eigenvalue weighted by atomic mass is 16.5. The van der Waals surface area contributed by atoms with Crippen LogP contribution in [0.25, 0.3) is 0 Å². The number of ether oxygens (including phenoxy) is 1. The smallest absolute Gasteiger partial charge is 0.254 e. The zero-order valence-electron chi connectivity index (χ0n) is 14.7. The summed E-state index contributed by atoms with van der Waals surface area (Å²) in [7, 11) is 0. The van der Waals surface area contributed by atoms with Crippen molar-refractivity contribution >= 4 is 11.8 Å². The van der Waals surface area contributed by atoms with Crippen LogP contribution >= 0.6 is 0 Å². The van der Waals surface area contributed by atoms with E-state index in [4.69, 9.17) is 4.74 Å². The fourth-order valence-corrected chi connectivity index (χ4v) is 4.41. The van der Waals surface area contributed by atoms with Gasteiger partial charge in [0.25, 0.3) is 5.91 Å². The molecule has 2 aliphatic heterocycles. The number of benzene rings is 1. The van der Waals surface area contributed by atoms with Crippen molar-refractivity contribution < 1.29 is 14.3 Å². The highest BCUT2D eigenvalue weighted by Gasteiger charge is 2.37. The van der Waals surface area contributed by atoms with Crippen molar-refractivity contribution in [1.29, 1.82) is 0 Å². The SMILES string of the molecule is O=C1CCCN1Cc1cccc(C(=O)N2CCOC3CCCCC32)c1. The van der Waals surface area contributed by atoms with E-state index in [2.05, 4.69) is 0 Å². The summed E-state index contributed by atoms with van der Waals surface area (Å²) in [5.74, 6) is 0.324. The van der Waals surface area contributed by atoms with Crippen LogP contribution in [0.4, 0.5) is 0 Å². The third-order valence-electron chi connectivity index (χ3n) is 5.71. The van der Waals surface area contributed by atoms with Crippen LogP contribution in [0.3, 0.4) is 0 Å². The number of hydrogen-bond donors (Lipinski definition) is 0. The Hall–Kier alpha value is -1.88. The molecule has 25 heavy (non-hydrogen) atoms. The first-order valence-corrected chi connectivity index (χ1v) is 9.52. The van der Waals surface area contributed by atoms with Gasteiger partial charge in [0.05, 0.1) is 18.8 Å². The molecule has 2 unspecified atom stereocenters. The van der Waals surface area contributed by atoms with Crippen molar-refractivity contribution in [2.24, 2.45) is 0 Å². The highest BCUT2D eigenvalue weighted by molar-refractivity contribution is 5.94. The maximum Gasteiger partial charge on any atom is 0.254 e. The van der Waals surface area contributed by atoms with Crippen LogP contribution in [0, 0.1) is 0 Å². The summed E-state index contributed by atoms with van der Waals surface area (Å²) in [5, 5.41) is 0. The quantitative estimate of drug-likeness (QED) is 0.848. The van der Waals surface area contributed by atoms with Crippen molar-refractivity contribution in [3.8, 4) is 0 Å². The molecular weight excluding hydrogens is 316 g/mol. The Bertz CT molecular complexity index is 658. The van der Waals surface area contributed by atoms with Crippen LogP contribution in [0.1, 0.15) is 54.4 Å². The number of amides is 2. The van der Waals surface area contributed by atoms with E-state index in [1.54, 1.807) is 0 Å². The second kappa shape index (κ2) is 7.16. The molecule has 5 heteroatoms. The Balaban J connectivity index is 1.49. The normalized spacial score (nSPS) is 26.6. The monoisotopic (exact) mass is 342 g/mol. The zero-order valence-corrected chi connectivity index (χ0v) is 14.7. The van der Waals surface area contributed by atoms with Gasteiger partial charge in [-0.1, -0.05) is 25.0 Å². The lowest BCUT2D eigenvalue weighted by Crippen LogP contribution is -2.54. The molecular formula is C20H26N2O3. The van der Waals surface area contributed by atoms with Crippen LogP contribution in [-0.2, 0) is 16.1 Å². The van der Waals surface area contributed by atoms with Crippen LogP contribution in [0.15, 0.2) is 24.3 Å². The number of nitrogens with zero attached hydrogens (tertiary/aromatic N) is 2. The molecule has 4 rings (SSSR count). The van der Waals surface area contributed by atoms with E-state index < -0.39 is 0 Å². The zero-order chi connectivity index (χ0) is 17.2. The van der Waals surface area contributed by atoms with Gasteiger partial charge < -0.3 is 14.5 Å². The Morgan fingerprint density at radius 2 is 2.04 bits per heavy atom. The molecule has 5 nitrogen and oxygen atoms in total. The van der Waals surface area contributed by atoms with Gasteiger partial charge in [-0.15, -0.1) is 0 Å². The summed E-state index contributed by atoms with van der Waals surface area (Å²) >= 11 is 0. The van der Waals surface area contributed by atoms with Crippen molar-refractivity contribution in [2.45, 2.75) is 57.2 Å². The molecule has 1 aromatic rings. The highest BCUT2D eigenvalue weighted by Crippen LogP contribution is 2.29. The van der Waals surface area contributed by atoms with Gasteiger partial charge in [0.2, 0.25) is 5.91 Å². The van der Waals surface area contributed by atoms with Crippen LogP contribution in [-0.4, -0.2) is 53.5 Å². The predicted octanol–water partition coefficient (Wildman–Crippen LogP) is 2.59.